The zero-order valence-electron chi connectivity index (χ0n) is 21.1. The van der Waals surface area contributed by atoms with Gasteiger partial charge in [0.05, 0.1) is 13.2 Å². The van der Waals surface area contributed by atoms with Crippen molar-refractivity contribution in [1.82, 2.24) is 0 Å². The van der Waals surface area contributed by atoms with Gasteiger partial charge in [0.15, 0.2) is 23.1 Å². The molecule has 4 rings (SSSR count). The number of halogens is 5. The lowest BCUT2D eigenvalue weighted by atomic mass is 9.76. The van der Waals surface area contributed by atoms with E-state index in [9.17, 15) is 22.0 Å². The first-order chi connectivity index (χ1) is 17.8. The second-order valence-corrected chi connectivity index (χ2v) is 9.40. The highest BCUT2D eigenvalue weighted by atomic mass is 19.2. The maximum atomic E-state index is 14.9. The minimum atomic E-state index is -1.03. The van der Waals surface area contributed by atoms with E-state index in [0.29, 0.717) is 24.0 Å². The molecular weight excluding hydrogens is 487 g/mol. The Kier molecular flexibility index (Phi) is 8.72. The normalized spacial score (nSPS) is 17.6. The minimum Gasteiger partial charge on any atom is -0.491 e. The Labute approximate surface area is 214 Å². The van der Waals surface area contributed by atoms with Crippen LogP contribution in [-0.4, -0.2) is 13.2 Å². The Morgan fingerprint density at radius 3 is 1.78 bits per heavy atom. The van der Waals surface area contributed by atoms with E-state index in [1.54, 1.807) is 26.0 Å². The second kappa shape index (κ2) is 12.0. The fraction of sp³-hybridized carbons (Fsp3) is 0.400. The summed E-state index contributed by atoms with van der Waals surface area (Å²) in [5, 5.41) is 0. The van der Waals surface area contributed by atoms with Gasteiger partial charge in [0.1, 0.15) is 5.82 Å². The van der Waals surface area contributed by atoms with E-state index in [1.165, 1.54) is 24.3 Å². The number of hydrogen-bond donors (Lipinski definition) is 0. The summed E-state index contributed by atoms with van der Waals surface area (Å²) in [5.41, 5.74) is 1.81. The Balaban J connectivity index is 1.38. The lowest BCUT2D eigenvalue weighted by Gasteiger charge is -2.29. The topological polar surface area (TPSA) is 18.5 Å². The van der Waals surface area contributed by atoms with Gasteiger partial charge in [-0.3, -0.25) is 0 Å². The van der Waals surface area contributed by atoms with Gasteiger partial charge in [-0.15, -0.1) is 0 Å². The first-order valence-corrected chi connectivity index (χ1v) is 12.8. The molecule has 3 aromatic rings. The van der Waals surface area contributed by atoms with E-state index < -0.39 is 23.3 Å². The van der Waals surface area contributed by atoms with Crippen molar-refractivity contribution in [3.05, 3.63) is 93.8 Å². The fourth-order valence-corrected chi connectivity index (χ4v) is 5.19. The molecule has 0 radical (unpaired) electrons. The average molecular weight is 519 g/mol. The predicted molar refractivity (Wildman–Crippen MR) is 133 cm³/mol. The first-order valence-electron chi connectivity index (χ1n) is 12.8. The first kappa shape index (κ1) is 27.0. The van der Waals surface area contributed by atoms with Crippen LogP contribution in [0.2, 0.25) is 0 Å². The van der Waals surface area contributed by atoms with Crippen LogP contribution in [0.15, 0.2) is 42.5 Å². The number of rotatable bonds is 9. The third-order valence-electron chi connectivity index (χ3n) is 7.18. The van der Waals surface area contributed by atoms with Crippen LogP contribution in [0.4, 0.5) is 22.0 Å². The number of ether oxygens (including phenoxy) is 2. The van der Waals surface area contributed by atoms with Crippen LogP contribution in [0, 0.1) is 29.1 Å². The molecule has 0 N–H and O–H groups in total. The van der Waals surface area contributed by atoms with Gasteiger partial charge in [-0.05, 0) is 105 Å². The summed E-state index contributed by atoms with van der Waals surface area (Å²) in [5.74, 6) is -4.38. The van der Waals surface area contributed by atoms with Gasteiger partial charge in [0.2, 0.25) is 11.6 Å². The molecule has 0 unspecified atom stereocenters. The van der Waals surface area contributed by atoms with E-state index in [4.69, 9.17) is 9.47 Å². The zero-order valence-corrected chi connectivity index (χ0v) is 21.1. The van der Waals surface area contributed by atoms with Gasteiger partial charge >= 0.3 is 0 Å². The molecule has 0 spiro atoms. The molecule has 37 heavy (non-hydrogen) atoms. The zero-order chi connectivity index (χ0) is 26.5. The summed E-state index contributed by atoms with van der Waals surface area (Å²) in [6.07, 6.45) is 3.18. The molecule has 0 amide bonds. The molecule has 0 aliphatic heterocycles. The summed E-state index contributed by atoms with van der Waals surface area (Å²) in [6, 6.07) is 11.0. The predicted octanol–water partition coefficient (Wildman–Crippen LogP) is 8.41. The number of benzene rings is 3. The van der Waals surface area contributed by atoms with Gasteiger partial charge < -0.3 is 9.47 Å². The van der Waals surface area contributed by atoms with Crippen molar-refractivity contribution in [2.75, 3.05) is 13.2 Å². The highest BCUT2D eigenvalue weighted by Crippen LogP contribution is 2.42. The Bertz CT molecular complexity index is 1240. The lowest BCUT2D eigenvalue weighted by Crippen LogP contribution is -2.14. The Morgan fingerprint density at radius 2 is 1.16 bits per heavy atom. The summed E-state index contributed by atoms with van der Waals surface area (Å²) < 4.78 is 82.5. The molecular formula is C30H31F5O2. The largest absolute Gasteiger partial charge is 0.491 e. The van der Waals surface area contributed by atoms with Crippen molar-refractivity contribution in [3.8, 4) is 11.5 Å². The van der Waals surface area contributed by atoms with Crippen LogP contribution in [0.25, 0.3) is 0 Å². The van der Waals surface area contributed by atoms with E-state index in [-0.39, 0.29) is 60.8 Å². The van der Waals surface area contributed by atoms with Crippen molar-refractivity contribution in [1.29, 1.82) is 0 Å². The molecule has 0 atom stereocenters. The minimum absolute atomic E-state index is 0.0802. The van der Waals surface area contributed by atoms with E-state index >= 15 is 0 Å². The maximum absolute atomic E-state index is 14.9. The smallest absolute Gasteiger partial charge is 0.200 e. The van der Waals surface area contributed by atoms with Crippen LogP contribution in [0.5, 0.6) is 11.5 Å². The van der Waals surface area contributed by atoms with Crippen molar-refractivity contribution >= 4 is 0 Å². The molecule has 1 aliphatic carbocycles. The average Bonchev–Trinajstić information content (AvgIpc) is 2.90. The van der Waals surface area contributed by atoms with Crippen LogP contribution < -0.4 is 9.47 Å². The molecule has 7 heteroatoms. The Hall–Kier alpha value is -3.09. The van der Waals surface area contributed by atoms with E-state index in [0.717, 1.165) is 18.4 Å². The highest BCUT2D eigenvalue weighted by Gasteiger charge is 2.28. The molecule has 3 aromatic carbocycles. The molecule has 0 aromatic heterocycles. The molecule has 0 heterocycles. The van der Waals surface area contributed by atoms with E-state index in [1.807, 2.05) is 6.07 Å². The van der Waals surface area contributed by atoms with Gasteiger partial charge in [0.25, 0.3) is 0 Å². The third kappa shape index (κ3) is 5.91. The monoisotopic (exact) mass is 518 g/mol. The van der Waals surface area contributed by atoms with Gasteiger partial charge in [0, 0.05) is 0 Å². The quantitative estimate of drug-likeness (QED) is 0.265. The summed E-state index contributed by atoms with van der Waals surface area (Å²) in [7, 11) is 0. The standard InChI is InChI=1S/C30H31F5O2/c1-3-36-25-15-13-21(27(32)29(25)34)11-9-20-10-12-22(17-24(20)31)18-5-7-19(8-6-18)23-14-16-26(37-4-2)30(35)28(23)33/h10,12-19H,3-9,11H2,1-2H3. The van der Waals surface area contributed by atoms with Gasteiger partial charge in [-0.25, -0.2) is 13.2 Å². The molecule has 1 saturated carbocycles. The Morgan fingerprint density at radius 1 is 0.622 bits per heavy atom. The van der Waals surface area contributed by atoms with Crippen molar-refractivity contribution in [3.63, 3.8) is 0 Å². The molecule has 1 fully saturated rings. The SMILES string of the molecule is CCOc1ccc(CCc2ccc(C3CCC(c4ccc(OCC)c(F)c4F)CC3)cc2F)c(F)c1F. The number of aryl methyl sites for hydroxylation is 2. The molecule has 0 saturated heterocycles. The van der Waals surface area contributed by atoms with Crippen molar-refractivity contribution in [2.45, 2.75) is 64.2 Å². The maximum Gasteiger partial charge on any atom is 0.200 e. The van der Waals surface area contributed by atoms with Crippen LogP contribution in [0.1, 0.15) is 73.6 Å². The van der Waals surface area contributed by atoms with Gasteiger partial charge in [-0.2, -0.15) is 8.78 Å². The van der Waals surface area contributed by atoms with E-state index in [2.05, 4.69) is 0 Å². The lowest BCUT2D eigenvalue weighted by molar-refractivity contribution is 0.310. The second-order valence-electron chi connectivity index (χ2n) is 9.40. The molecule has 1 aliphatic rings. The number of hydrogen-bond acceptors (Lipinski definition) is 2. The van der Waals surface area contributed by atoms with Crippen molar-refractivity contribution in [2.24, 2.45) is 0 Å². The summed E-state index contributed by atoms with van der Waals surface area (Å²) >= 11 is 0. The third-order valence-corrected chi connectivity index (χ3v) is 7.18. The summed E-state index contributed by atoms with van der Waals surface area (Å²) in [6.45, 7) is 3.88. The fourth-order valence-electron chi connectivity index (χ4n) is 5.19. The summed E-state index contributed by atoms with van der Waals surface area (Å²) in [4.78, 5) is 0. The molecule has 0 bridgehead atoms. The van der Waals surface area contributed by atoms with Gasteiger partial charge in [-0.1, -0.05) is 24.3 Å². The van der Waals surface area contributed by atoms with Crippen LogP contribution >= 0.6 is 0 Å². The van der Waals surface area contributed by atoms with Crippen molar-refractivity contribution < 1.29 is 31.4 Å². The highest BCUT2D eigenvalue weighted by molar-refractivity contribution is 5.35. The molecule has 198 valence electrons. The van der Waals surface area contributed by atoms with Crippen LogP contribution in [-0.2, 0) is 12.8 Å². The van der Waals surface area contributed by atoms with Crippen LogP contribution in [0.3, 0.4) is 0 Å². The molecule has 2 nitrogen and oxygen atoms in total.